The molecule has 0 unspecified atom stereocenters. The van der Waals surface area contributed by atoms with Crippen molar-refractivity contribution in [3.05, 3.63) is 101 Å². The van der Waals surface area contributed by atoms with E-state index in [2.05, 4.69) is 12.1 Å². The van der Waals surface area contributed by atoms with E-state index in [0.29, 0.717) is 16.3 Å². The molecule has 1 heterocycles. The SMILES string of the molecule is C[C@H](OC(=O)c1cccc(N2C(=O)[C@H]3[C@H]4C[C@@H]([C@@H]3C2=O)[C@H](c2ccccc2)C4)c1)C(=O)c1ccc(Cl)cc1. The Morgan fingerprint density at radius 3 is 2.32 bits per heavy atom. The number of carbonyl (C=O) groups is 4. The minimum Gasteiger partial charge on any atom is -0.451 e. The van der Waals surface area contributed by atoms with E-state index in [4.69, 9.17) is 16.3 Å². The van der Waals surface area contributed by atoms with Crippen LogP contribution in [0.5, 0.6) is 0 Å². The van der Waals surface area contributed by atoms with Crippen LogP contribution in [0.3, 0.4) is 0 Å². The fourth-order valence-electron chi connectivity index (χ4n) is 6.70. The molecule has 2 bridgehead atoms. The molecule has 2 amide bonds. The number of benzene rings is 3. The summed E-state index contributed by atoms with van der Waals surface area (Å²) >= 11 is 5.89. The zero-order chi connectivity index (χ0) is 26.6. The fourth-order valence-corrected chi connectivity index (χ4v) is 6.83. The number of halogens is 1. The van der Waals surface area contributed by atoms with Crippen molar-refractivity contribution in [1.29, 1.82) is 0 Å². The Labute approximate surface area is 225 Å². The van der Waals surface area contributed by atoms with E-state index in [0.717, 1.165) is 12.8 Å². The predicted molar refractivity (Wildman–Crippen MR) is 142 cm³/mol. The van der Waals surface area contributed by atoms with Crippen LogP contribution in [0.4, 0.5) is 5.69 Å². The van der Waals surface area contributed by atoms with Crippen LogP contribution in [0.2, 0.25) is 5.02 Å². The normalized spacial score (nSPS) is 26.4. The maximum Gasteiger partial charge on any atom is 0.338 e. The van der Waals surface area contributed by atoms with E-state index < -0.39 is 12.1 Å². The molecule has 2 saturated carbocycles. The fraction of sp³-hybridized carbons (Fsp3) is 0.290. The monoisotopic (exact) mass is 527 g/mol. The number of imide groups is 1. The lowest BCUT2D eigenvalue weighted by Gasteiger charge is -2.28. The molecule has 0 radical (unpaired) electrons. The molecule has 0 spiro atoms. The number of amides is 2. The van der Waals surface area contributed by atoms with Gasteiger partial charge in [-0.2, -0.15) is 0 Å². The van der Waals surface area contributed by atoms with Gasteiger partial charge in [0, 0.05) is 10.6 Å². The van der Waals surface area contributed by atoms with Gasteiger partial charge in [0.25, 0.3) is 0 Å². The average molecular weight is 528 g/mol. The van der Waals surface area contributed by atoms with Crippen molar-refractivity contribution in [3.8, 4) is 0 Å². The van der Waals surface area contributed by atoms with Crippen molar-refractivity contribution in [3.63, 3.8) is 0 Å². The Morgan fingerprint density at radius 2 is 1.58 bits per heavy atom. The van der Waals surface area contributed by atoms with Gasteiger partial charge in [-0.05, 0) is 85.5 Å². The quantitative estimate of drug-likeness (QED) is 0.233. The molecule has 1 aliphatic heterocycles. The lowest BCUT2D eigenvalue weighted by molar-refractivity contribution is -0.123. The number of nitrogens with zero attached hydrogens (tertiary/aromatic N) is 1. The molecule has 38 heavy (non-hydrogen) atoms. The van der Waals surface area contributed by atoms with E-state index in [1.54, 1.807) is 42.5 Å². The zero-order valence-electron chi connectivity index (χ0n) is 20.8. The first-order valence-corrected chi connectivity index (χ1v) is 13.2. The van der Waals surface area contributed by atoms with Crippen LogP contribution in [0.25, 0.3) is 0 Å². The lowest BCUT2D eigenvalue weighted by atomic mass is 9.73. The maximum absolute atomic E-state index is 13.6. The Bertz CT molecular complexity index is 1440. The van der Waals surface area contributed by atoms with Gasteiger partial charge < -0.3 is 4.74 Å². The number of hydrogen-bond acceptors (Lipinski definition) is 5. The number of esters is 1. The van der Waals surface area contributed by atoms with Crippen molar-refractivity contribution in [2.45, 2.75) is 31.8 Å². The van der Waals surface area contributed by atoms with E-state index in [9.17, 15) is 19.2 Å². The van der Waals surface area contributed by atoms with Gasteiger partial charge in [-0.25, -0.2) is 4.79 Å². The molecule has 3 aliphatic rings. The van der Waals surface area contributed by atoms with Crippen LogP contribution in [0.15, 0.2) is 78.9 Å². The first-order chi connectivity index (χ1) is 18.3. The van der Waals surface area contributed by atoms with Crippen LogP contribution < -0.4 is 4.90 Å². The third-order valence-electron chi connectivity index (χ3n) is 8.37. The van der Waals surface area contributed by atoms with E-state index in [1.165, 1.54) is 23.5 Å². The molecule has 6 rings (SSSR count). The number of ketones is 1. The molecule has 3 fully saturated rings. The average Bonchev–Trinajstić information content (AvgIpc) is 3.60. The Balaban J connectivity index is 1.19. The highest BCUT2D eigenvalue weighted by Crippen LogP contribution is 2.61. The van der Waals surface area contributed by atoms with E-state index in [-0.39, 0.29) is 52.8 Å². The third kappa shape index (κ3) is 4.04. The van der Waals surface area contributed by atoms with Gasteiger partial charge in [0.2, 0.25) is 17.6 Å². The second-order valence-corrected chi connectivity index (χ2v) is 10.9. The molecule has 3 aromatic carbocycles. The van der Waals surface area contributed by atoms with Gasteiger partial charge in [0.05, 0.1) is 23.1 Å². The molecule has 6 nitrogen and oxygen atoms in total. The number of Topliss-reactive ketones (excluding diaryl/α,β-unsaturated/α-hetero) is 1. The number of fused-ring (bicyclic) bond motifs is 5. The predicted octanol–water partition coefficient (Wildman–Crippen LogP) is 5.70. The second-order valence-electron chi connectivity index (χ2n) is 10.4. The molecule has 1 saturated heterocycles. The number of hydrogen-bond donors (Lipinski definition) is 0. The minimum atomic E-state index is -1.02. The van der Waals surface area contributed by atoms with E-state index >= 15 is 0 Å². The molecule has 0 aromatic heterocycles. The summed E-state index contributed by atoms with van der Waals surface area (Å²) in [6.07, 6.45) is 0.785. The minimum absolute atomic E-state index is 0.140. The maximum atomic E-state index is 13.6. The molecular formula is C31H26ClNO5. The molecule has 192 valence electrons. The van der Waals surface area contributed by atoms with Gasteiger partial charge in [-0.1, -0.05) is 48.0 Å². The second kappa shape index (κ2) is 9.52. The smallest absolute Gasteiger partial charge is 0.338 e. The number of anilines is 1. The van der Waals surface area contributed by atoms with Crippen molar-refractivity contribution in [2.75, 3.05) is 4.90 Å². The molecule has 3 aromatic rings. The lowest BCUT2D eigenvalue weighted by Crippen LogP contribution is -2.33. The summed E-state index contributed by atoms with van der Waals surface area (Å²) in [5.41, 5.74) is 2.13. The molecule has 6 atom stereocenters. The van der Waals surface area contributed by atoms with Crippen LogP contribution in [0, 0.1) is 23.7 Å². The first kappa shape index (κ1) is 24.6. The van der Waals surface area contributed by atoms with Crippen molar-refractivity contribution >= 4 is 40.9 Å². The van der Waals surface area contributed by atoms with Gasteiger partial charge in [0.15, 0.2) is 6.10 Å². The van der Waals surface area contributed by atoms with Crippen molar-refractivity contribution < 1.29 is 23.9 Å². The van der Waals surface area contributed by atoms with E-state index in [1.807, 2.05) is 18.2 Å². The number of rotatable bonds is 6. The molecular weight excluding hydrogens is 502 g/mol. The van der Waals surface area contributed by atoms with Crippen molar-refractivity contribution in [1.82, 2.24) is 0 Å². The molecule has 2 aliphatic carbocycles. The van der Waals surface area contributed by atoms with Gasteiger partial charge in [-0.15, -0.1) is 0 Å². The zero-order valence-corrected chi connectivity index (χ0v) is 21.5. The van der Waals surface area contributed by atoms with Crippen molar-refractivity contribution in [2.24, 2.45) is 23.7 Å². The summed E-state index contributed by atoms with van der Waals surface area (Å²) in [6, 6.07) is 22.9. The van der Waals surface area contributed by atoms with Crippen LogP contribution in [0.1, 0.15) is 52.0 Å². The molecule has 7 heteroatoms. The third-order valence-corrected chi connectivity index (χ3v) is 8.62. The summed E-state index contributed by atoms with van der Waals surface area (Å²) in [6.45, 7) is 1.51. The standard InChI is InChI=1S/C31H26ClNO5/c1-17(28(34)19-10-12-22(32)13-11-19)38-31(37)20-8-5-9-23(14-20)33-29(35)26-21-15-24(18-6-3-2-4-7-18)25(16-21)27(26)30(33)36/h2-14,17,21,24-27H,15-16H2,1H3/t17-,21+,24-,25+,26-,27-/m0/s1. The molecule has 0 N–H and O–H groups in total. The first-order valence-electron chi connectivity index (χ1n) is 12.9. The Morgan fingerprint density at radius 1 is 0.868 bits per heavy atom. The number of ether oxygens (including phenoxy) is 1. The summed E-state index contributed by atoms with van der Waals surface area (Å²) in [5, 5.41) is 0.502. The van der Waals surface area contributed by atoms with Crippen LogP contribution >= 0.6 is 11.6 Å². The summed E-state index contributed by atoms with van der Waals surface area (Å²) in [5.74, 6) is -1.47. The van der Waals surface area contributed by atoms with Gasteiger partial charge in [-0.3, -0.25) is 19.3 Å². The largest absolute Gasteiger partial charge is 0.451 e. The highest BCUT2D eigenvalue weighted by Gasteiger charge is 2.64. The highest BCUT2D eigenvalue weighted by molar-refractivity contribution is 6.30. The summed E-state index contributed by atoms with van der Waals surface area (Å²) < 4.78 is 5.43. The summed E-state index contributed by atoms with van der Waals surface area (Å²) in [4.78, 5) is 54.0. The highest BCUT2D eigenvalue weighted by atomic mass is 35.5. The number of carbonyl (C=O) groups excluding carboxylic acids is 4. The van der Waals surface area contributed by atoms with Gasteiger partial charge >= 0.3 is 5.97 Å². The van der Waals surface area contributed by atoms with Gasteiger partial charge in [0.1, 0.15) is 0 Å². The Kier molecular flexibility index (Phi) is 6.15. The summed E-state index contributed by atoms with van der Waals surface area (Å²) in [7, 11) is 0. The van der Waals surface area contributed by atoms with Crippen LogP contribution in [-0.4, -0.2) is 29.7 Å². The van der Waals surface area contributed by atoms with Crippen LogP contribution in [-0.2, 0) is 14.3 Å². The Hall–Kier alpha value is -3.77. The topological polar surface area (TPSA) is 80.8 Å².